The van der Waals surface area contributed by atoms with E-state index in [0.29, 0.717) is 6.54 Å². The lowest BCUT2D eigenvalue weighted by molar-refractivity contribution is 0.259. The van der Waals surface area contributed by atoms with Gasteiger partial charge in [0.05, 0.1) is 13.8 Å². The molecule has 0 aliphatic rings. The van der Waals surface area contributed by atoms with Crippen LogP contribution >= 0.6 is 0 Å². The molecule has 0 radical (unpaired) electrons. The Labute approximate surface area is 72.0 Å². The van der Waals surface area contributed by atoms with Crippen molar-refractivity contribution in [3.63, 3.8) is 0 Å². The normalized spacial score (nSPS) is 9.83. The zero-order valence-corrected chi connectivity index (χ0v) is 7.08. The molecule has 12 heavy (non-hydrogen) atoms. The third-order valence-corrected chi connectivity index (χ3v) is 1.58. The minimum absolute atomic E-state index is 0.00277. The molecule has 1 aromatic rings. The molecule has 0 spiro atoms. The maximum atomic E-state index is 8.51. The highest BCUT2D eigenvalue weighted by atomic mass is 16.5. The topological polar surface area (TPSA) is 41.5 Å². The van der Waals surface area contributed by atoms with E-state index >= 15 is 0 Å². The van der Waals surface area contributed by atoms with Crippen LogP contribution in [-0.2, 0) is 6.54 Å². The van der Waals surface area contributed by atoms with Crippen LogP contribution in [-0.4, -0.2) is 18.9 Å². The van der Waals surface area contributed by atoms with Gasteiger partial charge in [0.2, 0.25) is 0 Å². The Morgan fingerprint density at radius 1 is 1.50 bits per heavy atom. The highest BCUT2D eigenvalue weighted by Gasteiger charge is 1.93. The van der Waals surface area contributed by atoms with E-state index in [9.17, 15) is 0 Å². The maximum absolute atomic E-state index is 8.51. The van der Waals surface area contributed by atoms with Crippen LogP contribution in [0.5, 0.6) is 5.75 Å². The fraction of sp³-hybridized carbons (Fsp3) is 0.333. The second-order valence-electron chi connectivity index (χ2n) is 2.44. The van der Waals surface area contributed by atoms with Crippen LogP contribution in [0.3, 0.4) is 0 Å². The highest BCUT2D eigenvalue weighted by molar-refractivity contribution is 5.28. The standard InChI is InChI=1S/C9H13NO2/c1-12-9-4-2-3-8(5-9)6-10-7-11/h2-5,10-11H,6-7H2,1H3. The molecule has 1 aromatic carbocycles. The summed E-state index contributed by atoms with van der Waals surface area (Å²) in [6.45, 7) is 0.658. The number of hydrogen-bond donors (Lipinski definition) is 2. The van der Waals surface area contributed by atoms with Crippen molar-refractivity contribution in [1.82, 2.24) is 5.32 Å². The number of rotatable bonds is 4. The molecule has 3 heteroatoms. The molecule has 0 atom stereocenters. The van der Waals surface area contributed by atoms with Crippen LogP contribution in [0, 0.1) is 0 Å². The summed E-state index contributed by atoms with van der Waals surface area (Å²) in [7, 11) is 1.64. The fourth-order valence-electron chi connectivity index (χ4n) is 0.983. The lowest BCUT2D eigenvalue weighted by atomic mass is 10.2. The summed E-state index contributed by atoms with van der Waals surface area (Å²) in [5.41, 5.74) is 1.10. The van der Waals surface area contributed by atoms with E-state index in [0.717, 1.165) is 11.3 Å². The zero-order valence-electron chi connectivity index (χ0n) is 7.08. The maximum Gasteiger partial charge on any atom is 0.119 e. The van der Waals surface area contributed by atoms with Crippen molar-refractivity contribution in [3.05, 3.63) is 29.8 Å². The lowest BCUT2D eigenvalue weighted by Gasteiger charge is -2.03. The first-order chi connectivity index (χ1) is 5.86. The van der Waals surface area contributed by atoms with Gasteiger partial charge in [0.25, 0.3) is 0 Å². The Hall–Kier alpha value is -1.06. The van der Waals surface area contributed by atoms with Crippen molar-refractivity contribution in [1.29, 1.82) is 0 Å². The van der Waals surface area contributed by atoms with Gasteiger partial charge in [0.1, 0.15) is 5.75 Å². The fourth-order valence-corrected chi connectivity index (χ4v) is 0.983. The van der Waals surface area contributed by atoms with Gasteiger partial charge in [0.15, 0.2) is 0 Å². The largest absolute Gasteiger partial charge is 0.497 e. The second-order valence-corrected chi connectivity index (χ2v) is 2.44. The summed E-state index contributed by atoms with van der Waals surface area (Å²) in [6.07, 6.45) is 0. The van der Waals surface area contributed by atoms with Gasteiger partial charge in [-0.2, -0.15) is 0 Å². The monoisotopic (exact) mass is 167 g/mol. The van der Waals surface area contributed by atoms with Crippen molar-refractivity contribution >= 4 is 0 Å². The molecule has 66 valence electrons. The number of methoxy groups -OCH3 is 1. The van der Waals surface area contributed by atoms with Crippen molar-refractivity contribution in [3.8, 4) is 5.75 Å². The number of nitrogens with one attached hydrogen (secondary N) is 1. The van der Waals surface area contributed by atoms with Crippen molar-refractivity contribution in [2.45, 2.75) is 6.54 Å². The molecular weight excluding hydrogens is 154 g/mol. The molecule has 0 aromatic heterocycles. The molecule has 0 aliphatic carbocycles. The smallest absolute Gasteiger partial charge is 0.119 e. The van der Waals surface area contributed by atoms with Gasteiger partial charge in [-0.3, -0.25) is 5.32 Å². The molecule has 3 nitrogen and oxygen atoms in total. The van der Waals surface area contributed by atoms with Crippen molar-refractivity contribution < 1.29 is 9.84 Å². The Balaban J connectivity index is 2.60. The van der Waals surface area contributed by atoms with E-state index < -0.39 is 0 Å². The summed E-state index contributed by atoms with van der Waals surface area (Å²) in [5.74, 6) is 0.840. The van der Waals surface area contributed by atoms with E-state index in [1.54, 1.807) is 7.11 Å². The van der Waals surface area contributed by atoms with E-state index in [4.69, 9.17) is 9.84 Å². The van der Waals surface area contributed by atoms with E-state index in [1.165, 1.54) is 0 Å². The Morgan fingerprint density at radius 3 is 3.00 bits per heavy atom. The molecule has 2 N–H and O–H groups in total. The number of aliphatic hydroxyl groups excluding tert-OH is 1. The van der Waals surface area contributed by atoms with Gasteiger partial charge in [-0.1, -0.05) is 12.1 Å². The minimum Gasteiger partial charge on any atom is -0.497 e. The molecule has 0 unspecified atom stereocenters. The molecule has 1 rings (SSSR count). The van der Waals surface area contributed by atoms with Crippen LogP contribution in [0.25, 0.3) is 0 Å². The SMILES string of the molecule is COc1cccc(CNCO)c1. The Bertz CT molecular complexity index is 238. The van der Waals surface area contributed by atoms with Crippen LogP contribution in [0.15, 0.2) is 24.3 Å². The lowest BCUT2D eigenvalue weighted by Crippen LogP contribution is -2.13. The van der Waals surface area contributed by atoms with Gasteiger partial charge >= 0.3 is 0 Å². The van der Waals surface area contributed by atoms with Gasteiger partial charge < -0.3 is 9.84 Å². The predicted molar refractivity (Wildman–Crippen MR) is 46.9 cm³/mol. The average molecular weight is 167 g/mol. The van der Waals surface area contributed by atoms with Crippen molar-refractivity contribution in [2.75, 3.05) is 13.8 Å². The minimum atomic E-state index is -0.00277. The number of hydrogen-bond acceptors (Lipinski definition) is 3. The molecule has 0 amide bonds. The molecular formula is C9H13NO2. The predicted octanol–water partition coefficient (Wildman–Crippen LogP) is 0.735. The third kappa shape index (κ3) is 2.53. The molecule has 0 heterocycles. The average Bonchev–Trinajstić information content (AvgIpc) is 2.15. The van der Waals surface area contributed by atoms with Gasteiger partial charge in [0, 0.05) is 6.54 Å². The summed E-state index contributed by atoms with van der Waals surface area (Å²) < 4.78 is 5.04. The Kier molecular flexibility index (Phi) is 3.57. The number of benzene rings is 1. The van der Waals surface area contributed by atoms with Crippen molar-refractivity contribution in [2.24, 2.45) is 0 Å². The molecule has 0 fully saturated rings. The van der Waals surface area contributed by atoms with E-state index in [2.05, 4.69) is 5.32 Å². The third-order valence-electron chi connectivity index (χ3n) is 1.58. The summed E-state index contributed by atoms with van der Waals surface area (Å²) in [4.78, 5) is 0. The second kappa shape index (κ2) is 4.74. The summed E-state index contributed by atoms with van der Waals surface area (Å²) >= 11 is 0. The van der Waals surface area contributed by atoms with E-state index in [1.807, 2.05) is 24.3 Å². The zero-order chi connectivity index (χ0) is 8.81. The van der Waals surface area contributed by atoms with Crippen LogP contribution < -0.4 is 10.1 Å². The summed E-state index contributed by atoms with van der Waals surface area (Å²) in [6, 6.07) is 7.73. The quantitative estimate of drug-likeness (QED) is 0.650. The molecule has 0 saturated carbocycles. The highest BCUT2D eigenvalue weighted by Crippen LogP contribution is 2.11. The van der Waals surface area contributed by atoms with Crippen LogP contribution in [0.2, 0.25) is 0 Å². The van der Waals surface area contributed by atoms with Gasteiger partial charge in [-0.25, -0.2) is 0 Å². The number of aliphatic hydroxyl groups is 1. The van der Waals surface area contributed by atoms with Gasteiger partial charge in [-0.15, -0.1) is 0 Å². The Morgan fingerprint density at radius 2 is 2.33 bits per heavy atom. The van der Waals surface area contributed by atoms with E-state index in [-0.39, 0.29) is 6.73 Å². The number of ether oxygens (including phenoxy) is 1. The first kappa shape index (κ1) is 9.03. The van der Waals surface area contributed by atoms with Crippen LogP contribution in [0.4, 0.5) is 0 Å². The molecule has 0 bridgehead atoms. The first-order valence-corrected chi connectivity index (χ1v) is 3.81. The molecule has 0 aliphatic heterocycles. The molecule has 0 saturated heterocycles. The summed E-state index contributed by atoms with van der Waals surface area (Å²) in [5, 5.41) is 11.3. The first-order valence-electron chi connectivity index (χ1n) is 3.81. The van der Waals surface area contributed by atoms with Gasteiger partial charge in [-0.05, 0) is 17.7 Å². The van der Waals surface area contributed by atoms with Crippen LogP contribution in [0.1, 0.15) is 5.56 Å².